The summed E-state index contributed by atoms with van der Waals surface area (Å²) in [6, 6.07) is 11.1. The summed E-state index contributed by atoms with van der Waals surface area (Å²) in [5.41, 5.74) is 2.65. The van der Waals surface area contributed by atoms with Gasteiger partial charge in [-0.05, 0) is 42.3 Å². The van der Waals surface area contributed by atoms with Crippen molar-refractivity contribution in [1.82, 2.24) is 5.32 Å². The molecule has 0 spiro atoms. The quantitative estimate of drug-likeness (QED) is 0.794. The fourth-order valence-corrected chi connectivity index (χ4v) is 4.39. The summed E-state index contributed by atoms with van der Waals surface area (Å²) in [7, 11) is 0. The number of rotatable bonds is 4. The molecule has 2 aliphatic heterocycles. The van der Waals surface area contributed by atoms with Gasteiger partial charge in [0, 0.05) is 24.4 Å². The molecule has 28 heavy (non-hydrogen) atoms. The largest absolute Gasteiger partial charge is 0.324 e. The van der Waals surface area contributed by atoms with E-state index < -0.39 is 0 Å². The number of nitrogens with zero attached hydrogens (tertiary/aromatic N) is 1. The van der Waals surface area contributed by atoms with Crippen LogP contribution in [0.5, 0.6) is 0 Å². The molecular weight excluding hydrogens is 401 g/mol. The highest BCUT2D eigenvalue weighted by atomic mass is 35.5. The molecule has 2 aromatic carbocycles. The number of hydrogen-bond acceptors (Lipinski definition) is 4. The lowest BCUT2D eigenvalue weighted by Crippen LogP contribution is -2.37. The van der Waals surface area contributed by atoms with Crippen molar-refractivity contribution in [3.63, 3.8) is 0 Å². The van der Waals surface area contributed by atoms with Crippen LogP contribution in [-0.2, 0) is 22.6 Å². The third-order valence-electron chi connectivity index (χ3n) is 4.85. The summed E-state index contributed by atoms with van der Waals surface area (Å²) < 4.78 is 14.7. The van der Waals surface area contributed by atoms with Gasteiger partial charge in [-0.2, -0.15) is 0 Å². The zero-order valence-corrected chi connectivity index (χ0v) is 16.8. The van der Waals surface area contributed by atoms with E-state index in [1.165, 1.54) is 11.8 Å². The van der Waals surface area contributed by atoms with Gasteiger partial charge in [0.05, 0.1) is 17.1 Å². The number of benzene rings is 2. The summed E-state index contributed by atoms with van der Waals surface area (Å²) in [5, 5.41) is 5.87. The van der Waals surface area contributed by atoms with Gasteiger partial charge < -0.3 is 15.5 Å². The van der Waals surface area contributed by atoms with Crippen molar-refractivity contribution in [3.8, 4) is 0 Å². The lowest BCUT2D eigenvalue weighted by molar-refractivity contribution is -0.117. The minimum Gasteiger partial charge on any atom is -0.324 e. The normalized spacial score (nSPS) is 15.3. The number of carbonyl (C=O) groups excluding carboxylic acids is 2. The molecule has 148 valence electrons. The second-order valence-electron chi connectivity index (χ2n) is 6.59. The Morgan fingerprint density at radius 3 is 2.93 bits per heavy atom. The molecular formula is C20H21ClFN3O2S. The molecule has 2 aromatic rings. The van der Waals surface area contributed by atoms with Crippen molar-refractivity contribution in [2.45, 2.75) is 24.3 Å². The van der Waals surface area contributed by atoms with Crippen LogP contribution < -0.4 is 15.5 Å². The fraction of sp³-hybridized carbons (Fsp3) is 0.300. The van der Waals surface area contributed by atoms with Crippen LogP contribution in [0.3, 0.4) is 0 Å². The summed E-state index contributed by atoms with van der Waals surface area (Å²) >= 11 is 1.51. The van der Waals surface area contributed by atoms with E-state index in [2.05, 4.69) is 10.6 Å². The summed E-state index contributed by atoms with van der Waals surface area (Å²) in [6.07, 6.45) is 0.727. The molecule has 0 atom stereocenters. The Morgan fingerprint density at radius 1 is 1.25 bits per heavy atom. The average Bonchev–Trinajstić information content (AvgIpc) is 2.69. The van der Waals surface area contributed by atoms with Crippen LogP contribution in [0.4, 0.5) is 15.8 Å². The van der Waals surface area contributed by atoms with Gasteiger partial charge >= 0.3 is 0 Å². The molecule has 0 radical (unpaired) electrons. The Labute approximate surface area is 173 Å². The Balaban J connectivity index is 0.00000225. The first-order valence-corrected chi connectivity index (χ1v) is 9.95. The first-order chi connectivity index (χ1) is 13.1. The van der Waals surface area contributed by atoms with E-state index in [-0.39, 0.29) is 48.7 Å². The highest BCUT2D eigenvalue weighted by Gasteiger charge is 2.25. The van der Waals surface area contributed by atoms with E-state index in [0.29, 0.717) is 24.3 Å². The number of nitrogens with one attached hydrogen (secondary N) is 2. The van der Waals surface area contributed by atoms with Gasteiger partial charge in [-0.3, -0.25) is 9.59 Å². The molecule has 0 saturated carbocycles. The first kappa shape index (κ1) is 20.6. The monoisotopic (exact) mass is 421 g/mol. The van der Waals surface area contributed by atoms with Crippen LogP contribution in [0, 0.1) is 5.82 Å². The number of halogens is 2. The van der Waals surface area contributed by atoms with Crippen molar-refractivity contribution >= 4 is 47.4 Å². The number of carbonyl (C=O) groups is 2. The van der Waals surface area contributed by atoms with Crippen LogP contribution in [0.25, 0.3) is 0 Å². The maximum absolute atomic E-state index is 14.7. The van der Waals surface area contributed by atoms with Gasteiger partial charge in [-0.15, -0.1) is 24.2 Å². The van der Waals surface area contributed by atoms with E-state index >= 15 is 0 Å². The Kier molecular flexibility index (Phi) is 6.59. The third-order valence-corrected chi connectivity index (χ3v) is 5.90. The van der Waals surface area contributed by atoms with Crippen LogP contribution in [0.15, 0.2) is 41.3 Å². The highest BCUT2D eigenvalue weighted by molar-refractivity contribution is 8.00. The Bertz CT molecular complexity index is 909. The van der Waals surface area contributed by atoms with Gasteiger partial charge in [0.15, 0.2) is 0 Å². The third kappa shape index (κ3) is 4.16. The second-order valence-corrected chi connectivity index (χ2v) is 7.61. The van der Waals surface area contributed by atoms with Crippen molar-refractivity contribution in [1.29, 1.82) is 0 Å². The van der Waals surface area contributed by atoms with Crippen molar-refractivity contribution in [2.24, 2.45) is 0 Å². The molecule has 8 heteroatoms. The highest BCUT2D eigenvalue weighted by Crippen LogP contribution is 2.35. The van der Waals surface area contributed by atoms with Gasteiger partial charge in [0.25, 0.3) is 0 Å². The van der Waals surface area contributed by atoms with Gasteiger partial charge in [0.2, 0.25) is 11.8 Å². The molecule has 2 N–H and O–H groups in total. The van der Waals surface area contributed by atoms with E-state index in [4.69, 9.17) is 0 Å². The summed E-state index contributed by atoms with van der Waals surface area (Å²) in [4.78, 5) is 27.3. The molecule has 0 saturated heterocycles. The Hall–Kier alpha value is -2.09. The minimum absolute atomic E-state index is 0. The van der Waals surface area contributed by atoms with Gasteiger partial charge in [0.1, 0.15) is 5.82 Å². The standard InChI is InChI=1S/C20H20FN3O2S.ClH/c21-20-14-7-9-22-11-13(14)5-6-15(20)23-18(25)8-10-24-16-3-1-2-4-17(16)27-12-19(24)26;/h1-6,22H,7-12H2,(H,23,25);1H. The maximum Gasteiger partial charge on any atom is 0.237 e. The van der Waals surface area contributed by atoms with Crippen LogP contribution >= 0.6 is 24.2 Å². The zero-order valence-electron chi connectivity index (χ0n) is 15.2. The number of thioether (sulfide) groups is 1. The smallest absolute Gasteiger partial charge is 0.237 e. The van der Waals surface area contributed by atoms with Crippen molar-refractivity contribution in [2.75, 3.05) is 29.1 Å². The Morgan fingerprint density at radius 2 is 2.07 bits per heavy atom. The van der Waals surface area contributed by atoms with Gasteiger partial charge in [-0.1, -0.05) is 18.2 Å². The van der Waals surface area contributed by atoms with Gasteiger partial charge in [-0.25, -0.2) is 4.39 Å². The fourth-order valence-electron chi connectivity index (χ4n) is 3.46. The second kappa shape index (κ2) is 8.94. The SMILES string of the molecule is Cl.O=C(CCN1C(=O)CSc2ccccc21)Nc1ccc2c(c1F)CCNC2. The average molecular weight is 422 g/mol. The predicted octanol–water partition coefficient (Wildman–Crippen LogP) is 3.36. The lowest BCUT2D eigenvalue weighted by Gasteiger charge is -2.28. The number of fused-ring (bicyclic) bond motifs is 2. The zero-order chi connectivity index (χ0) is 18.8. The number of anilines is 2. The van der Waals surface area contributed by atoms with E-state index in [9.17, 15) is 14.0 Å². The summed E-state index contributed by atoms with van der Waals surface area (Å²) in [6.45, 7) is 1.66. The minimum atomic E-state index is -0.349. The molecule has 0 aliphatic carbocycles. The molecule has 0 fully saturated rings. The number of hydrogen-bond donors (Lipinski definition) is 2. The molecule has 4 rings (SSSR count). The van der Waals surface area contributed by atoms with Crippen LogP contribution in [0.2, 0.25) is 0 Å². The van der Waals surface area contributed by atoms with Crippen LogP contribution in [-0.4, -0.2) is 30.7 Å². The summed E-state index contributed by atoms with van der Waals surface area (Å²) in [5.74, 6) is -0.296. The molecule has 0 unspecified atom stereocenters. The lowest BCUT2D eigenvalue weighted by atomic mass is 9.99. The van der Waals surface area contributed by atoms with E-state index in [1.54, 1.807) is 11.0 Å². The van der Waals surface area contributed by atoms with Crippen molar-refractivity contribution < 1.29 is 14.0 Å². The maximum atomic E-state index is 14.7. The molecule has 2 heterocycles. The molecule has 5 nitrogen and oxygen atoms in total. The molecule has 2 amide bonds. The van der Waals surface area contributed by atoms with E-state index in [0.717, 1.165) is 22.7 Å². The topological polar surface area (TPSA) is 61.4 Å². The molecule has 2 aliphatic rings. The number of para-hydroxylation sites is 1. The van der Waals surface area contributed by atoms with Crippen LogP contribution in [0.1, 0.15) is 17.5 Å². The molecule has 0 aromatic heterocycles. The predicted molar refractivity (Wildman–Crippen MR) is 112 cm³/mol. The first-order valence-electron chi connectivity index (χ1n) is 8.96. The number of amides is 2. The van der Waals surface area contributed by atoms with Crippen molar-refractivity contribution in [3.05, 3.63) is 53.3 Å². The molecule has 0 bridgehead atoms. The van der Waals surface area contributed by atoms with E-state index in [1.807, 2.05) is 30.3 Å².